The van der Waals surface area contributed by atoms with Crippen molar-refractivity contribution in [3.63, 3.8) is 0 Å². The van der Waals surface area contributed by atoms with Crippen LogP contribution < -0.4 is 15.2 Å². The average Bonchev–Trinajstić information content (AvgIpc) is 2.49. The molecule has 0 radical (unpaired) electrons. The molecule has 2 aliphatic rings. The minimum Gasteiger partial charge on any atom is -0.486 e. The van der Waals surface area contributed by atoms with Crippen LogP contribution in [0.1, 0.15) is 36.4 Å². The first kappa shape index (κ1) is 9.97. The van der Waals surface area contributed by atoms with Gasteiger partial charge in [-0.05, 0) is 42.5 Å². The summed E-state index contributed by atoms with van der Waals surface area (Å²) < 4.78 is 11.2. The van der Waals surface area contributed by atoms with E-state index in [1.165, 1.54) is 24.0 Å². The highest BCUT2D eigenvalue weighted by Gasteiger charge is 2.20. The lowest BCUT2D eigenvalue weighted by Crippen LogP contribution is -2.17. The molecule has 0 aromatic heterocycles. The SMILES string of the molecule is N[C@@H]1CCCCc2cc3c(cc21)OCCO3. The van der Waals surface area contributed by atoms with Crippen LogP contribution in [0.4, 0.5) is 0 Å². The smallest absolute Gasteiger partial charge is 0.161 e. The maximum Gasteiger partial charge on any atom is 0.161 e. The second-order valence-electron chi connectivity index (χ2n) is 4.55. The molecule has 0 unspecified atom stereocenters. The van der Waals surface area contributed by atoms with Crippen molar-refractivity contribution in [2.75, 3.05) is 13.2 Å². The minimum absolute atomic E-state index is 0.160. The third-order valence-electron chi connectivity index (χ3n) is 3.41. The van der Waals surface area contributed by atoms with E-state index in [1.807, 2.05) is 0 Å². The van der Waals surface area contributed by atoms with Crippen LogP contribution in [-0.2, 0) is 6.42 Å². The van der Waals surface area contributed by atoms with E-state index in [2.05, 4.69) is 12.1 Å². The molecule has 0 fully saturated rings. The summed E-state index contributed by atoms with van der Waals surface area (Å²) >= 11 is 0. The summed E-state index contributed by atoms with van der Waals surface area (Å²) in [5.74, 6) is 1.75. The number of aryl methyl sites for hydroxylation is 1. The van der Waals surface area contributed by atoms with Crippen molar-refractivity contribution in [1.29, 1.82) is 0 Å². The number of hydrogen-bond acceptors (Lipinski definition) is 3. The molecule has 0 saturated heterocycles. The zero-order valence-corrected chi connectivity index (χ0v) is 9.37. The van der Waals surface area contributed by atoms with Crippen LogP contribution >= 0.6 is 0 Å². The molecule has 1 atom stereocenters. The minimum atomic E-state index is 0.160. The first-order valence-electron chi connectivity index (χ1n) is 6.02. The van der Waals surface area contributed by atoms with Gasteiger partial charge in [0.15, 0.2) is 11.5 Å². The van der Waals surface area contributed by atoms with Crippen molar-refractivity contribution in [3.8, 4) is 11.5 Å². The molecule has 1 heterocycles. The van der Waals surface area contributed by atoms with E-state index in [0.717, 1.165) is 24.3 Å². The Kier molecular flexibility index (Phi) is 2.48. The van der Waals surface area contributed by atoms with Crippen LogP contribution in [0, 0.1) is 0 Å². The van der Waals surface area contributed by atoms with Gasteiger partial charge in [0.25, 0.3) is 0 Å². The number of nitrogens with two attached hydrogens (primary N) is 1. The van der Waals surface area contributed by atoms with Gasteiger partial charge in [0.1, 0.15) is 13.2 Å². The molecule has 3 rings (SSSR count). The molecular formula is C13H17NO2. The predicted molar refractivity (Wildman–Crippen MR) is 61.9 cm³/mol. The standard InChI is InChI=1S/C13H17NO2/c14-11-4-2-1-3-9-7-12-13(8-10(9)11)16-6-5-15-12/h7-8,11H,1-6,14H2/t11-/m1/s1. The van der Waals surface area contributed by atoms with Gasteiger partial charge in [-0.25, -0.2) is 0 Å². The van der Waals surface area contributed by atoms with E-state index < -0.39 is 0 Å². The molecule has 0 spiro atoms. The summed E-state index contributed by atoms with van der Waals surface area (Å²) in [7, 11) is 0. The summed E-state index contributed by atoms with van der Waals surface area (Å²) in [6.45, 7) is 1.29. The number of benzene rings is 1. The fourth-order valence-corrected chi connectivity index (χ4v) is 2.54. The fourth-order valence-electron chi connectivity index (χ4n) is 2.54. The van der Waals surface area contributed by atoms with Crippen LogP contribution in [-0.4, -0.2) is 13.2 Å². The van der Waals surface area contributed by atoms with E-state index in [0.29, 0.717) is 13.2 Å². The van der Waals surface area contributed by atoms with Crippen molar-refractivity contribution in [2.24, 2.45) is 5.73 Å². The third kappa shape index (κ3) is 1.65. The van der Waals surface area contributed by atoms with Crippen LogP contribution in [0.3, 0.4) is 0 Å². The molecule has 3 nitrogen and oxygen atoms in total. The number of ether oxygens (including phenoxy) is 2. The molecular weight excluding hydrogens is 202 g/mol. The molecule has 16 heavy (non-hydrogen) atoms. The van der Waals surface area contributed by atoms with Crippen molar-refractivity contribution < 1.29 is 9.47 Å². The van der Waals surface area contributed by atoms with Crippen LogP contribution in [0.15, 0.2) is 12.1 Å². The molecule has 3 heteroatoms. The summed E-state index contributed by atoms with van der Waals surface area (Å²) in [4.78, 5) is 0. The molecule has 86 valence electrons. The average molecular weight is 219 g/mol. The van der Waals surface area contributed by atoms with Gasteiger partial charge < -0.3 is 15.2 Å². The van der Waals surface area contributed by atoms with Gasteiger partial charge in [-0.1, -0.05) is 6.42 Å². The summed E-state index contributed by atoms with van der Waals surface area (Å²) in [6.07, 6.45) is 4.62. The van der Waals surface area contributed by atoms with Crippen LogP contribution in [0.25, 0.3) is 0 Å². The highest BCUT2D eigenvalue weighted by Crippen LogP contribution is 2.37. The van der Waals surface area contributed by atoms with Gasteiger partial charge in [0.2, 0.25) is 0 Å². The van der Waals surface area contributed by atoms with Crippen LogP contribution in [0.5, 0.6) is 11.5 Å². The van der Waals surface area contributed by atoms with E-state index in [9.17, 15) is 0 Å². The molecule has 1 aromatic rings. The van der Waals surface area contributed by atoms with E-state index in [-0.39, 0.29) is 6.04 Å². The Morgan fingerprint density at radius 3 is 2.62 bits per heavy atom. The molecule has 1 aliphatic carbocycles. The second-order valence-corrected chi connectivity index (χ2v) is 4.55. The lowest BCUT2D eigenvalue weighted by atomic mass is 9.98. The van der Waals surface area contributed by atoms with Crippen molar-refractivity contribution in [2.45, 2.75) is 31.7 Å². The Bertz CT molecular complexity index is 403. The van der Waals surface area contributed by atoms with E-state index >= 15 is 0 Å². The van der Waals surface area contributed by atoms with Gasteiger partial charge >= 0.3 is 0 Å². The molecule has 0 saturated carbocycles. The fraction of sp³-hybridized carbons (Fsp3) is 0.538. The van der Waals surface area contributed by atoms with Crippen LogP contribution in [0.2, 0.25) is 0 Å². The summed E-state index contributed by atoms with van der Waals surface area (Å²) in [5, 5.41) is 0. The number of fused-ring (bicyclic) bond motifs is 2. The Morgan fingerprint density at radius 1 is 1.06 bits per heavy atom. The molecule has 1 aliphatic heterocycles. The zero-order chi connectivity index (χ0) is 11.0. The van der Waals surface area contributed by atoms with Gasteiger partial charge in [-0.3, -0.25) is 0 Å². The maximum atomic E-state index is 6.18. The number of rotatable bonds is 0. The third-order valence-corrected chi connectivity index (χ3v) is 3.41. The van der Waals surface area contributed by atoms with Gasteiger partial charge in [0, 0.05) is 6.04 Å². The highest BCUT2D eigenvalue weighted by atomic mass is 16.6. The molecule has 1 aromatic carbocycles. The monoisotopic (exact) mass is 219 g/mol. The van der Waals surface area contributed by atoms with Crippen molar-refractivity contribution in [3.05, 3.63) is 23.3 Å². The predicted octanol–water partition coefficient (Wildman–Crippen LogP) is 2.18. The van der Waals surface area contributed by atoms with Gasteiger partial charge in [-0.2, -0.15) is 0 Å². The Labute approximate surface area is 95.5 Å². The summed E-state index contributed by atoms with van der Waals surface area (Å²) in [5.41, 5.74) is 8.78. The first-order valence-corrected chi connectivity index (χ1v) is 6.02. The molecule has 2 N–H and O–H groups in total. The first-order chi connectivity index (χ1) is 7.84. The molecule has 0 amide bonds. The Hall–Kier alpha value is -1.22. The van der Waals surface area contributed by atoms with Gasteiger partial charge in [0.05, 0.1) is 0 Å². The Morgan fingerprint density at radius 2 is 1.81 bits per heavy atom. The normalized spacial score (nSPS) is 23.4. The highest BCUT2D eigenvalue weighted by molar-refractivity contribution is 5.49. The largest absolute Gasteiger partial charge is 0.486 e. The van der Waals surface area contributed by atoms with Crippen molar-refractivity contribution >= 4 is 0 Å². The zero-order valence-electron chi connectivity index (χ0n) is 9.37. The molecule has 0 bridgehead atoms. The van der Waals surface area contributed by atoms with E-state index in [1.54, 1.807) is 0 Å². The van der Waals surface area contributed by atoms with E-state index in [4.69, 9.17) is 15.2 Å². The lowest BCUT2D eigenvalue weighted by Gasteiger charge is -2.22. The lowest BCUT2D eigenvalue weighted by molar-refractivity contribution is 0.171. The number of hydrogen-bond donors (Lipinski definition) is 1. The maximum absolute atomic E-state index is 6.18. The van der Waals surface area contributed by atoms with Gasteiger partial charge in [-0.15, -0.1) is 0 Å². The quantitative estimate of drug-likeness (QED) is 0.680. The summed E-state index contributed by atoms with van der Waals surface area (Å²) in [6, 6.07) is 4.36. The Balaban J connectivity index is 2.06. The topological polar surface area (TPSA) is 44.5 Å². The second kappa shape index (κ2) is 3.98. The van der Waals surface area contributed by atoms with Crippen molar-refractivity contribution in [1.82, 2.24) is 0 Å².